The van der Waals surface area contributed by atoms with Gasteiger partial charge in [0.25, 0.3) is 0 Å². The summed E-state index contributed by atoms with van der Waals surface area (Å²) in [7, 11) is -1.05. The summed E-state index contributed by atoms with van der Waals surface area (Å²) in [6.45, 7) is 7.75. The summed E-state index contributed by atoms with van der Waals surface area (Å²) < 4.78 is 10.7. The quantitative estimate of drug-likeness (QED) is 0.324. The molecule has 0 amide bonds. The molecule has 0 spiro atoms. The first kappa shape index (κ1) is 13.9. The second-order valence-electron chi connectivity index (χ2n) is 5.01. The molecule has 0 aliphatic carbocycles. The number of aromatic nitrogens is 1. The highest BCUT2D eigenvalue weighted by Gasteiger charge is 2.12. The lowest BCUT2D eigenvalue weighted by atomic mass is 10.3. The summed E-state index contributed by atoms with van der Waals surface area (Å²) in [5.74, 6) is 0.468. The molecule has 1 aromatic rings. The molecule has 0 bridgehead atoms. The van der Waals surface area contributed by atoms with Crippen molar-refractivity contribution in [1.82, 2.24) is 4.98 Å². The van der Waals surface area contributed by atoms with Crippen LogP contribution in [0.25, 0.3) is 0 Å². The average molecular weight is 253 g/mol. The Morgan fingerprint density at radius 1 is 1.41 bits per heavy atom. The summed E-state index contributed by atoms with van der Waals surface area (Å²) in [6.07, 6.45) is 3.83. The van der Waals surface area contributed by atoms with Crippen molar-refractivity contribution in [3.8, 4) is 5.75 Å². The lowest BCUT2D eigenvalue weighted by molar-refractivity contribution is 0.0215. The maximum absolute atomic E-state index is 10.7. The third-order valence-corrected chi connectivity index (χ3v) is 3.94. The fraction of sp³-hybridized carbons (Fsp3) is 0.500. The Labute approximate surface area is 103 Å². The van der Waals surface area contributed by atoms with E-state index in [0.29, 0.717) is 17.9 Å². The minimum Gasteiger partial charge on any atom is -0.465 e. The van der Waals surface area contributed by atoms with Gasteiger partial charge in [0.05, 0.1) is 11.8 Å². The molecule has 4 nitrogen and oxygen atoms in total. The maximum Gasteiger partial charge on any atom is 0.189 e. The summed E-state index contributed by atoms with van der Waals surface area (Å²) in [5, 5.41) is 0. The number of ether oxygens (including phenoxy) is 2. The highest BCUT2D eigenvalue weighted by molar-refractivity contribution is 6.76. The predicted molar refractivity (Wildman–Crippen MR) is 69.2 cm³/mol. The number of rotatable bonds is 7. The molecule has 94 valence electrons. The highest BCUT2D eigenvalue weighted by Crippen LogP contribution is 2.14. The maximum atomic E-state index is 10.7. The van der Waals surface area contributed by atoms with Gasteiger partial charge >= 0.3 is 0 Å². The Bertz CT molecular complexity index is 363. The Hall–Kier alpha value is -1.20. The van der Waals surface area contributed by atoms with E-state index in [0.717, 1.165) is 12.3 Å². The van der Waals surface area contributed by atoms with Gasteiger partial charge in [-0.25, -0.2) is 0 Å². The molecular weight excluding hydrogens is 234 g/mol. The minimum absolute atomic E-state index is 0.164. The van der Waals surface area contributed by atoms with Gasteiger partial charge in [-0.2, -0.15) is 0 Å². The highest BCUT2D eigenvalue weighted by atomic mass is 28.3. The molecule has 17 heavy (non-hydrogen) atoms. The van der Waals surface area contributed by atoms with Crippen molar-refractivity contribution in [2.24, 2.45) is 0 Å². The molecule has 0 aromatic carbocycles. The van der Waals surface area contributed by atoms with Crippen molar-refractivity contribution in [3.05, 3.63) is 24.0 Å². The van der Waals surface area contributed by atoms with E-state index in [2.05, 4.69) is 24.6 Å². The summed E-state index contributed by atoms with van der Waals surface area (Å²) in [6, 6.07) is 2.72. The van der Waals surface area contributed by atoms with Crippen LogP contribution in [-0.4, -0.2) is 32.7 Å². The van der Waals surface area contributed by atoms with Gasteiger partial charge in [-0.1, -0.05) is 19.6 Å². The monoisotopic (exact) mass is 253 g/mol. The molecular formula is C12H19NO3Si. The summed E-state index contributed by atoms with van der Waals surface area (Å²) >= 11 is 0. The van der Waals surface area contributed by atoms with Crippen LogP contribution >= 0.6 is 0 Å². The van der Waals surface area contributed by atoms with Crippen molar-refractivity contribution in [1.29, 1.82) is 0 Å². The normalized spacial score (nSPS) is 11.2. The molecule has 1 aromatic heterocycles. The molecule has 0 aliphatic heterocycles. The van der Waals surface area contributed by atoms with E-state index in [1.54, 1.807) is 12.3 Å². The van der Waals surface area contributed by atoms with Crippen molar-refractivity contribution in [3.63, 3.8) is 0 Å². The number of carbonyl (C=O) groups excluding carboxylic acids is 1. The van der Waals surface area contributed by atoms with E-state index in [1.165, 1.54) is 6.20 Å². The van der Waals surface area contributed by atoms with Gasteiger partial charge in [-0.15, -0.1) is 0 Å². The van der Waals surface area contributed by atoms with E-state index in [4.69, 9.17) is 9.47 Å². The van der Waals surface area contributed by atoms with Crippen molar-refractivity contribution in [2.45, 2.75) is 25.7 Å². The molecule has 1 rings (SSSR count). The Morgan fingerprint density at radius 2 is 2.18 bits per heavy atom. The van der Waals surface area contributed by atoms with Gasteiger partial charge in [-0.05, 0) is 12.1 Å². The summed E-state index contributed by atoms with van der Waals surface area (Å²) in [4.78, 5) is 14.6. The van der Waals surface area contributed by atoms with Crippen molar-refractivity contribution in [2.75, 3.05) is 13.4 Å². The smallest absolute Gasteiger partial charge is 0.189 e. The second kappa shape index (κ2) is 6.51. The molecule has 0 fully saturated rings. The third kappa shape index (κ3) is 5.60. The fourth-order valence-corrected chi connectivity index (χ4v) is 1.91. The minimum atomic E-state index is -1.05. The molecule has 0 saturated carbocycles. The molecule has 0 radical (unpaired) electrons. The molecule has 1 heterocycles. The molecule has 0 unspecified atom stereocenters. The molecule has 0 atom stereocenters. The van der Waals surface area contributed by atoms with Crippen LogP contribution in [0.4, 0.5) is 0 Å². The van der Waals surface area contributed by atoms with E-state index >= 15 is 0 Å². The number of nitrogens with zero attached hydrogens (tertiary/aromatic N) is 1. The molecule has 5 heteroatoms. The first-order chi connectivity index (χ1) is 8.03. The lowest BCUT2D eigenvalue weighted by Crippen LogP contribution is -2.22. The average Bonchev–Trinajstić information content (AvgIpc) is 2.27. The van der Waals surface area contributed by atoms with Crippen LogP contribution in [0.2, 0.25) is 25.7 Å². The zero-order chi connectivity index (χ0) is 12.7. The van der Waals surface area contributed by atoms with E-state index in [-0.39, 0.29) is 6.79 Å². The Morgan fingerprint density at radius 3 is 2.82 bits per heavy atom. The number of hydrogen-bond acceptors (Lipinski definition) is 4. The van der Waals surface area contributed by atoms with Gasteiger partial charge < -0.3 is 9.47 Å². The van der Waals surface area contributed by atoms with Crippen LogP contribution in [0.1, 0.15) is 10.4 Å². The topological polar surface area (TPSA) is 48.4 Å². The first-order valence-corrected chi connectivity index (χ1v) is 9.33. The third-order valence-electron chi connectivity index (χ3n) is 2.24. The molecule has 0 N–H and O–H groups in total. The zero-order valence-electron chi connectivity index (χ0n) is 10.6. The molecule has 0 aliphatic rings. The van der Waals surface area contributed by atoms with E-state index in [9.17, 15) is 4.79 Å². The predicted octanol–water partition coefficient (Wildman–Crippen LogP) is 2.59. The van der Waals surface area contributed by atoms with Crippen molar-refractivity contribution < 1.29 is 14.3 Å². The molecule has 0 saturated heterocycles. The Balaban J connectivity index is 2.29. The largest absolute Gasteiger partial charge is 0.465 e. The lowest BCUT2D eigenvalue weighted by Gasteiger charge is -2.15. The number of hydrogen-bond donors (Lipinski definition) is 0. The van der Waals surface area contributed by atoms with Crippen LogP contribution in [0.5, 0.6) is 5.75 Å². The zero-order valence-corrected chi connectivity index (χ0v) is 11.6. The van der Waals surface area contributed by atoms with Crippen LogP contribution in [0.15, 0.2) is 18.5 Å². The number of aldehydes is 1. The van der Waals surface area contributed by atoms with E-state index < -0.39 is 8.07 Å². The Kier molecular flexibility index (Phi) is 5.31. The van der Waals surface area contributed by atoms with Gasteiger partial charge in [0.2, 0.25) is 0 Å². The second-order valence-corrected chi connectivity index (χ2v) is 10.6. The van der Waals surface area contributed by atoms with Gasteiger partial charge in [-0.3, -0.25) is 9.78 Å². The van der Waals surface area contributed by atoms with Gasteiger partial charge in [0, 0.05) is 20.9 Å². The fourth-order valence-electron chi connectivity index (χ4n) is 1.15. The van der Waals surface area contributed by atoms with Crippen LogP contribution in [-0.2, 0) is 4.74 Å². The van der Waals surface area contributed by atoms with E-state index in [1.807, 2.05) is 0 Å². The standard InChI is InChI=1S/C12H19NO3Si/c1-17(2,3)7-6-15-10-16-12-8-13-5-4-11(12)9-14/h4-5,8-9H,6-7,10H2,1-3H3. The number of pyridine rings is 1. The van der Waals surface area contributed by atoms with Gasteiger partial charge in [0.15, 0.2) is 18.8 Å². The van der Waals surface area contributed by atoms with Gasteiger partial charge in [0.1, 0.15) is 0 Å². The summed E-state index contributed by atoms with van der Waals surface area (Å²) in [5.41, 5.74) is 0.494. The number of carbonyl (C=O) groups is 1. The SMILES string of the molecule is C[Si](C)(C)CCOCOc1cnccc1C=O. The van der Waals surface area contributed by atoms with Crippen LogP contribution in [0, 0.1) is 0 Å². The van der Waals surface area contributed by atoms with Crippen molar-refractivity contribution >= 4 is 14.4 Å². The van der Waals surface area contributed by atoms with Crippen LogP contribution in [0.3, 0.4) is 0 Å². The first-order valence-electron chi connectivity index (χ1n) is 5.63. The van der Waals surface area contributed by atoms with Crippen LogP contribution < -0.4 is 4.74 Å².